The number of rotatable bonds is 4. The van der Waals surface area contributed by atoms with Crippen LogP contribution in [0.1, 0.15) is 58.8 Å². The lowest BCUT2D eigenvalue weighted by Crippen LogP contribution is -2.56. The lowest BCUT2D eigenvalue weighted by atomic mass is 9.44. The molecule has 4 aliphatic carbocycles. The van der Waals surface area contributed by atoms with Gasteiger partial charge < -0.3 is 10.4 Å². The van der Waals surface area contributed by atoms with Crippen molar-refractivity contribution in [3.8, 4) is 0 Å². The van der Waals surface area contributed by atoms with E-state index in [1.807, 2.05) is 0 Å². The normalized spacial score (nSPS) is 45.2. The zero-order valence-electron chi connectivity index (χ0n) is 12.2. The number of hydrogen-bond acceptors (Lipinski definition) is 2. The molecule has 3 atom stereocenters. The summed E-state index contributed by atoms with van der Waals surface area (Å²) < 4.78 is 0. The van der Waals surface area contributed by atoms with Crippen molar-refractivity contribution in [3.05, 3.63) is 0 Å². The summed E-state index contributed by atoms with van der Waals surface area (Å²) in [5.74, 6) is 1.84. The summed E-state index contributed by atoms with van der Waals surface area (Å²) in [5.41, 5.74) is 0.350. The first-order valence-electron chi connectivity index (χ1n) is 7.87. The largest absolute Gasteiger partial charge is 0.393 e. The van der Waals surface area contributed by atoms with Crippen LogP contribution in [-0.4, -0.2) is 23.7 Å². The molecule has 19 heavy (non-hydrogen) atoms. The second kappa shape index (κ2) is 4.47. The van der Waals surface area contributed by atoms with Crippen molar-refractivity contribution in [1.29, 1.82) is 0 Å². The molecule has 4 saturated carbocycles. The Balaban J connectivity index is 1.68. The lowest BCUT2D eigenvalue weighted by molar-refractivity contribution is -0.155. The van der Waals surface area contributed by atoms with Crippen molar-refractivity contribution in [1.82, 2.24) is 5.32 Å². The fourth-order valence-electron chi connectivity index (χ4n) is 5.57. The van der Waals surface area contributed by atoms with Crippen LogP contribution in [0.15, 0.2) is 0 Å². The maximum atomic E-state index is 12.6. The molecule has 0 heterocycles. The van der Waals surface area contributed by atoms with Gasteiger partial charge in [0.2, 0.25) is 5.91 Å². The van der Waals surface area contributed by atoms with Gasteiger partial charge in [-0.1, -0.05) is 6.92 Å². The van der Waals surface area contributed by atoms with Gasteiger partial charge in [-0.3, -0.25) is 4.79 Å². The molecule has 4 aliphatic rings. The van der Waals surface area contributed by atoms with Gasteiger partial charge in [-0.25, -0.2) is 0 Å². The highest BCUT2D eigenvalue weighted by Crippen LogP contribution is 2.65. The predicted molar refractivity (Wildman–Crippen MR) is 74.5 cm³/mol. The van der Waals surface area contributed by atoms with Crippen molar-refractivity contribution >= 4 is 5.91 Å². The van der Waals surface area contributed by atoms with E-state index in [0.29, 0.717) is 18.4 Å². The number of carbonyl (C=O) groups is 1. The number of hydrogen-bond donors (Lipinski definition) is 2. The van der Waals surface area contributed by atoms with Gasteiger partial charge in [-0.15, -0.1) is 0 Å². The van der Waals surface area contributed by atoms with Crippen LogP contribution in [-0.2, 0) is 4.79 Å². The third-order valence-electron chi connectivity index (χ3n) is 5.68. The quantitative estimate of drug-likeness (QED) is 0.820. The topological polar surface area (TPSA) is 49.3 Å². The summed E-state index contributed by atoms with van der Waals surface area (Å²) in [6.07, 6.45) is 7.68. The first-order chi connectivity index (χ1) is 8.91. The average Bonchev–Trinajstić information content (AvgIpc) is 2.24. The van der Waals surface area contributed by atoms with E-state index in [9.17, 15) is 9.90 Å². The van der Waals surface area contributed by atoms with Crippen LogP contribution >= 0.6 is 0 Å². The summed E-state index contributed by atoms with van der Waals surface area (Å²) in [7, 11) is 0. The molecule has 2 N–H and O–H groups in total. The standard InChI is InChI=1S/C16H27NO2/c1-11(18)3-4-17-14(19)16-8-12-5-13(9-16)7-15(2,6-12)10-16/h11-13,18H,3-10H2,1-2H3,(H,17,19). The van der Waals surface area contributed by atoms with Crippen molar-refractivity contribution in [2.75, 3.05) is 6.54 Å². The van der Waals surface area contributed by atoms with E-state index in [1.54, 1.807) is 6.92 Å². The zero-order valence-corrected chi connectivity index (χ0v) is 12.2. The van der Waals surface area contributed by atoms with Crippen LogP contribution < -0.4 is 5.32 Å². The molecule has 3 heteroatoms. The van der Waals surface area contributed by atoms with Gasteiger partial charge in [0.05, 0.1) is 11.5 Å². The maximum Gasteiger partial charge on any atom is 0.226 e. The number of aliphatic hydroxyl groups excluding tert-OH is 1. The third kappa shape index (κ3) is 2.42. The summed E-state index contributed by atoms with van der Waals surface area (Å²) in [4.78, 5) is 12.6. The molecular formula is C16H27NO2. The van der Waals surface area contributed by atoms with Crippen LogP contribution in [0.4, 0.5) is 0 Å². The molecule has 0 aromatic rings. The van der Waals surface area contributed by atoms with Crippen LogP contribution in [0.3, 0.4) is 0 Å². The SMILES string of the molecule is CC(O)CCNC(=O)C12CC3CC(CC(C)(C3)C1)C2. The fraction of sp³-hybridized carbons (Fsp3) is 0.938. The van der Waals surface area contributed by atoms with Gasteiger partial charge in [0.1, 0.15) is 0 Å². The fourth-order valence-corrected chi connectivity index (χ4v) is 5.57. The zero-order chi connectivity index (χ0) is 13.7. The average molecular weight is 265 g/mol. The van der Waals surface area contributed by atoms with Gasteiger partial charge in [0, 0.05) is 6.54 Å². The molecule has 3 nitrogen and oxygen atoms in total. The number of nitrogens with one attached hydrogen (secondary N) is 1. The second-order valence-corrected chi connectivity index (χ2v) is 7.95. The van der Waals surface area contributed by atoms with E-state index < -0.39 is 0 Å². The summed E-state index contributed by atoms with van der Waals surface area (Å²) >= 11 is 0. The van der Waals surface area contributed by atoms with E-state index in [1.165, 1.54) is 19.3 Å². The Hall–Kier alpha value is -0.570. The molecule has 3 unspecified atom stereocenters. The number of carbonyl (C=O) groups excluding carboxylic acids is 1. The molecule has 4 rings (SSSR count). The molecule has 1 amide bonds. The van der Waals surface area contributed by atoms with E-state index in [-0.39, 0.29) is 17.4 Å². The van der Waals surface area contributed by atoms with E-state index in [4.69, 9.17) is 0 Å². The first-order valence-corrected chi connectivity index (χ1v) is 7.87. The molecular weight excluding hydrogens is 238 g/mol. The van der Waals surface area contributed by atoms with Crippen LogP contribution in [0.2, 0.25) is 0 Å². The minimum atomic E-state index is -0.325. The predicted octanol–water partition coefficient (Wildman–Crippen LogP) is 2.48. The van der Waals surface area contributed by atoms with E-state index >= 15 is 0 Å². The Morgan fingerprint density at radius 1 is 1.32 bits per heavy atom. The molecule has 0 aromatic heterocycles. The minimum absolute atomic E-state index is 0.0719. The molecule has 0 aromatic carbocycles. The van der Waals surface area contributed by atoms with Gasteiger partial charge in [0.15, 0.2) is 0 Å². The first kappa shape index (κ1) is 13.4. The highest BCUT2D eigenvalue weighted by atomic mass is 16.3. The summed E-state index contributed by atoms with van der Waals surface area (Å²) in [6, 6.07) is 0. The van der Waals surface area contributed by atoms with Crippen molar-refractivity contribution in [2.24, 2.45) is 22.7 Å². The van der Waals surface area contributed by atoms with Gasteiger partial charge in [0.25, 0.3) is 0 Å². The number of amides is 1. The lowest BCUT2D eigenvalue weighted by Gasteiger charge is -2.60. The van der Waals surface area contributed by atoms with Gasteiger partial charge >= 0.3 is 0 Å². The highest BCUT2D eigenvalue weighted by Gasteiger charge is 2.58. The molecule has 0 aliphatic heterocycles. The Morgan fingerprint density at radius 2 is 1.95 bits per heavy atom. The van der Waals surface area contributed by atoms with Gasteiger partial charge in [-0.2, -0.15) is 0 Å². The highest BCUT2D eigenvalue weighted by molar-refractivity contribution is 5.83. The molecule has 4 bridgehead atoms. The second-order valence-electron chi connectivity index (χ2n) is 7.95. The van der Waals surface area contributed by atoms with Crippen LogP contribution in [0.25, 0.3) is 0 Å². The van der Waals surface area contributed by atoms with Crippen molar-refractivity contribution < 1.29 is 9.90 Å². The molecule has 4 fully saturated rings. The smallest absolute Gasteiger partial charge is 0.226 e. The summed E-state index contributed by atoms with van der Waals surface area (Å²) in [5, 5.41) is 12.4. The Morgan fingerprint density at radius 3 is 2.47 bits per heavy atom. The molecule has 0 saturated heterocycles. The summed E-state index contributed by atoms with van der Waals surface area (Å²) in [6.45, 7) is 4.78. The van der Waals surface area contributed by atoms with E-state index in [0.717, 1.165) is 31.1 Å². The number of aliphatic hydroxyl groups is 1. The van der Waals surface area contributed by atoms with Crippen molar-refractivity contribution in [2.45, 2.75) is 64.9 Å². The molecule has 0 spiro atoms. The van der Waals surface area contributed by atoms with Crippen molar-refractivity contribution in [3.63, 3.8) is 0 Å². The minimum Gasteiger partial charge on any atom is -0.393 e. The van der Waals surface area contributed by atoms with Gasteiger partial charge in [-0.05, 0) is 69.1 Å². The monoisotopic (exact) mass is 265 g/mol. The Bertz CT molecular complexity index is 363. The Labute approximate surface area is 116 Å². The molecule has 0 radical (unpaired) electrons. The molecule has 108 valence electrons. The van der Waals surface area contributed by atoms with Crippen LogP contribution in [0, 0.1) is 22.7 Å². The maximum absolute atomic E-state index is 12.6. The third-order valence-corrected chi connectivity index (χ3v) is 5.68. The van der Waals surface area contributed by atoms with Crippen LogP contribution in [0.5, 0.6) is 0 Å². The van der Waals surface area contributed by atoms with E-state index in [2.05, 4.69) is 12.2 Å². The Kier molecular flexibility index (Phi) is 3.16.